The Kier molecular flexibility index (Phi) is 6.22. The Hall–Kier alpha value is -2.87. The zero-order chi connectivity index (χ0) is 21.1. The van der Waals surface area contributed by atoms with Crippen molar-refractivity contribution in [1.29, 1.82) is 0 Å². The molecule has 0 fully saturated rings. The van der Waals surface area contributed by atoms with Gasteiger partial charge in [-0.15, -0.1) is 11.3 Å². The van der Waals surface area contributed by atoms with Gasteiger partial charge in [0, 0.05) is 23.4 Å². The highest BCUT2D eigenvalue weighted by Crippen LogP contribution is 2.33. The number of thiophene rings is 1. The molecule has 0 radical (unpaired) electrons. The third-order valence-electron chi connectivity index (χ3n) is 4.92. The van der Waals surface area contributed by atoms with E-state index < -0.39 is 0 Å². The summed E-state index contributed by atoms with van der Waals surface area (Å²) in [4.78, 5) is 31.4. The van der Waals surface area contributed by atoms with E-state index in [1.807, 2.05) is 19.9 Å². The van der Waals surface area contributed by atoms with Gasteiger partial charge in [0.15, 0.2) is 11.5 Å². The summed E-state index contributed by atoms with van der Waals surface area (Å²) in [5.74, 6) is 1.38. The minimum absolute atomic E-state index is 0.105. The van der Waals surface area contributed by atoms with Crippen LogP contribution in [0, 0.1) is 13.8 Å². The molecule has 2 aromatic heterocycles. The van der Waals surface area contributed by atoms with Gasteiger partial charge in [0.05, 0.1) is 26.7 Å². The summed E-state index contributed by atoms with van der Waals surface area (Å²) in [7, 11) is 4.49. The average molecular weight is 416 g/mol. The molecule has 7 nitrogen and oxygen atoms in total. The van der Waals surface area contributed by atoms with Gasteiger partial charge in [-0.2, -0.15) is 0 Å². The lowest BCUT2D eigenvalue weighted by atomic mass is 10.1. The summed E-state index contributed by atoms with van der Waals surface area (Å²) in [6.45, 7) is 4.28. The molecule has 29 heavy (non-hydrogen) atoms. The minimum atomic E-state index is -0.303. The number of carbonyl (C=O) groups is 1. The molecule has 0 spiro atoms. The molecule has 0 aliphatic carbocycles. The number of rotatable bonds is 7. The molecule has 0 saturated heterocycles. The fourth-order valence-corrected chi connectivity index (χ4v) is 4.23. The molecule has 0 atom stereocenters. The van der Waals surface area contributed by atoms with Crippen molar-refractivity contribution in [3.05, 3.63) is 39.0 Å². The molecule has 0 amide bonds. The number of ether oxygens (including phenoxy) is 3. The highest BCUT2D eigenvalue weighted by Gasteiger charge is 2.19. The van der Waals surface area contributed by atoms with Crippen LogP contribution in [-0.2, 0) is 16.1 Å². The second-order valence-corrected chi connectivity index (χ2v) is 7.81. The molecule has 0 unspecified atom stereocenters. The van der Waals surface area contributed by atoms with E-state index in [9.17, 15) is 9.59 Å². The first-order chi connectivity index (χ1) is 13.9. The zero-order valence-corrected chi connectivity index (χ0v) is 18.0. The van der Waals surface area contributed by atoms with Crippen molar-refractivity contribution in [3.8, 4) is 22.9 Å². The van der Waals surface area contributed by atoms with Gasteiger partial charge in [0.1, 0.15) is 10.7 Å². The summed E-state index contributed by atoms with van der Waals surface area (Å²) >= 11 is 1.51. The van der Waals surface area contributed by atoms with Gasteiger partial charge in [-0.05, 0) is 44.0 Å². The Balaban J connectivity index is 2.17. The molecular formula is C21H24N2O5S. The lowest BCUT2D eigenvalue weighted by Gasteiger charge is -2.14. The average Bonchev–Trinajstić information content (AvgIpc) is 3.02. The molecule has 8 heteroatoms. The first kappa shape index (κ1) is 20.9. The lowest BCUT2D eigenvalue weighted by Crippen LogP contribution is -2.24. The summed E-state index contributed by atoms with van der Waals surface area (Å²) in [5.41, 5.74) is 1.58. The van der Waals surface area contributed by atoms with Crippen LogP contribution in [-0.4, -0.2) is 36.8 Å². The molecule has 2 heterocycles. The first-order valence-corrected chi connectivity index (χ1v) is 10.0. The molecule has 0 N–H and O–H groups in total. The van der Waals surface area contributed by atoms with E-state index in [2.05, 4.69) is 0 Å². The van der Waals surface area contributed by atoms with Gasteiger partial charge < -0.3 is 14.2 Å². The number of hydrogen-bond acceptors (Lipinski definition) is 7. The Bertz CT molecular complexity index is 1120. The third-order valence-corrected chi connectivity index (χ3v) is 6.02. The number of aromatic nitrogens is 2. The largest absolute Gasteiger partial charge is 0.493 e. The van der Waals surface area contributed by atoms with E-state index in [-0.39, 0.29) is 17.9 Å². The molecular weight excluding hydrogens is 392 g/mol. The summed E-state index contributed by atoms with van der Waals surface area (Å²) < 4.78 is 17.1. The Morgan fingerprint density at radius 3 is 2.52 bits per heavy atom. The van der Waals surface area contributed by atoms with Crippen LogP contribution in [0.2, 0.25) is 0 Å². The molecule has 3 rings (SSSR count). The SMILES string of the molecule is COC(=O)CCCn1c(-c2ccc(OC)c(OC)c2)nc2sc(C)c(C)c2c1=O. The van der Waals surface area contributed by atoms with Crippen LogP contribution in [0.1, 0.15) is 23.3 Å². The molecule has 0 bridgehead atoms. The van der Waals surface area contributed by atoms with Crippen molar-refractivity contribution >= 4 is 27.5 Å². The lowest BCUT2D eigenvalue weighted by molar-refractivity contribution is -0.140. The standard InChI is InChI=1S/C21H24N2O5S/c1-12-13(2)29-20-18(12)21(25)23(10-6-7-17(24)28-5)19(22-20)14-8-9-15(26-3)16(11-14)27-4/h8-9,11H,6-7,10H2,1-5H3. The van der Waals surface area contributed by atoms with Crippen LogP contribution in [0.15, 0.2) is 23.0 Å². The van der Waals surface area contributed by atoms with E-state index >= 15 is 0 Å². The maximum Gasteiger partial charge on any atom is 0.305 e. The van der Waals surface area contributed by atoms with Crippen LogP contribution in [0.5, 0.6) is 11.5 Å². The fourth-order valence-electron chi connectivity index (χ4n) is 3.21. The first-order valence-electron chi connectivity index (χ1n) is 9.21. The second-order valence-electron chi connectivity index (χ2n) is 6.61. The molecule has 3 aromatic rings. The number of hydrogen-bond donors (Lipinski definition) is 0. The van der Waals surface area contributed by atoms with Crippen molar-refractivity contribution < 1.29 is 19.0 Å². The predicted molar refractivity (Wildman–Crippen MR) is 113 cm³/mol. The van der Waals surface area contributed by atoms with E-state index in [0.717, 1.165) is 16.0 Å². The van der Waals surface area contributed by atoms with Crippen molar-refractivity contribution in [2.75, 3.05) is 21.3 Å². The number of benzene rings is 1. The molecule has 154 valence electrons. The van der Waals surface area contributed by atoms with E-state index in [4.69, 9.17) is 19.2 Å². The van der Waals surface area contributed by atoms with E-state index in [1.54, 1.807) is 30.9 Å². The van der Waals surface area contributed by atoms with Crippen molar-refractivity contribution in [1.82, 2.24) is 9.55 Å². The smallest absolute Gasteiger partial charge is 0.305 e. The van der Waals surface area contributed by atoms with E-state index in [0.29, 0.717) is 40.5 Å². The summed E-state index contributed by atoms with van der Waals surface area (Å²) in [6, 6.07) is 5.43. The Labute approximate surface area is 172 Å². The number of aryl methyl sites for hydroxylation is 2. The van der Waals surface area contributed by atoms with Gasteiger partial charge in [0.2, 0.25) is 0 Å². The van der Waals surface area contributed by atoms with Crippen LogP contribution < -0.4 is 15.0 Å². The molecule has 1 aromatic carbocycles. The number of fused-ring (bicyclic) bond motifs is 1. The number of methoxy groups -OCH3 is 3. The number of carbonyl (C=O) groups excluding carboxylic acids is 1. The van der Waals surface area contributed by atoms with E-state index in [1.165, 1.54) is 18.4 Å². The Morgan fingerprint density at radius 2 is 1.86 bits per heavy atom. The normalized spacial score (nSPS) is 10.9. The van der Waals surface area contributed by atoms with Crippen LogP contribution in [0.4, 0.5) is 0 Å². The quantitative estimate of drug-likeness (QED) is 0.546. The third kappa shape index (κ3) is 3.98. The number of nitrogens with zero attached hydrogens (tertiary/aromatic N) is 2. The van der Waals surface area contributed by atoms with Gasteiger partial charge in [-0.1, -0.05) is 0 Å². The predicted octanol–water partition coefficient (Wildman–Crippen LogP) is 3.71. The fraction of sp³-hybridized carbons (Fsp3) is 0.381. The van der Waals surface area contributed by atoms with Gasteiger partial charge in [-0.3, -0.25) is 14.2 Å². The van der Waals surface area contributed by atoms with Gasteiger partial charge in [-0.25, -0.2) is 4.98 Å². The summed E-state index contributed by atoms with van der Waals surface area (Å²) in [5, 5.41) is 0.634. The molecule has 0 saturated carbocycles. The maximum absolute atomic E-state index is 13.3. The topological polar surface area (TPSA) is 79.7 Å². The minimum Gasteiger partial charge on any atom is -0.493 e. The molecule has 0 aliphatic heterocycles. The van der Waals surface area contributed by atoms with Gasteiger partial charge in [0.25, 0.3) is 5.56 Å². The zero-order valence-electron chi connectivity index (χ0n) is 17.2. The maximum atomic E-state index is 13.3. The Morgan fingerprint density at radius 1 is 1.14 bits per heavy atom. The van der Waals surface area contributed by atoms with Crippen molar-refractivity contribution in [3.63, 3.8) is 0 Å². The highest BCUT2D eigenvalue weighted by molar-refractivity contribution is 7.18. The van der Waals surface area contributed by atoms with Gasteiger partial charge >= 0.3 is 5.97 Å². The molecule has 0 aliphatic rings. The van der Waals surface area contributed by atoms with Crippen LogP contribution in [0.25, 0.3) is 21.6 Å². The van der Waals surface area contributed by atoms with Crippen molar-refractivity contribution in [2.45, 2.75) is 33.2 Å². The van der Waals surface area contributed by atoms with Crippen LogP contribution >= 0.6 is 11.3 Å². The second kappa shape index (κ2) is 8.65. The van der Waals surface area contributed by atoms with Crippen molar-refractivity contribution in [2.24, 2.45) is 0 Å². The number of esters is 1. The highest BCUT2D eigenvalue weighted by atomic mass is 32.1. The monoisotopic (exact) mass is 416 g/mol. The van der Waals surface area contributed by atoms with Crippen LogP contribution in [0.3, 0.4) is 0 Å². The summed E-state index contributed by atoms with van der Waals surface area (Å²) in [6.07, 6.45) is 0.705.